The minimum Gasteiger partial charge on any atom is -0.0848 e. The van der Waals surface area contributed by atoms with Gasteiger partial charge in [-0.3, -0.25) is 0 Å². The van der Waals surface area contributed by atoms with Gasteiger partial charge < -0.3 is 0 Å². The van der Waals surface area contributed by atoms with Gasteiger partial charge in [-0.1, -0.05) is 50.0 Å². The van der Waals surface area contributed by atoms with Crippen LogP contribution in [0, 0.1) is 5.92 Å². The zero-order valence-corrected chi connectivity index (χ0v) is 9.05. The summed E-state index contributed by atoms with van der Waals surface area (Å²) in [5.74, 6) is 0.884. The lowest BCUT2D eigenvalue weighted by molar-refractivity contribution is 0.403. The van der Waals surface area contributed by atoms with Gasteiger partial charge in [0.25, 0.3) is 0 Å². The highest BCUT2D eigenvalue weighted by Gasteiger charge is 2.13. The molecule has 0 amide bonds. The van der Waals surface area contributed by atoms with E-state index in [-0.39, 0.29) is 0 Å². The Balaban J connectivity index is 2.39. The summed E-state index contributed by atoms with van der Waals surface area (Å²) >= 11 is 0. The highest BCUT2D eigenvalue weighted by Crippen LogP contribution is 2.29. The molecule has 1 saturated carbocycles. The van der Waals surface area contributed by atoms with E-state index in [1.807, 2.05) is 0 Å². The predicted octanol–water partition coefficient (Wildman–Crippen LogP) is 4.48. The summed E-state index contributed by atoms with van der Waals surface area (Å²) in [6, 6.07) is 0. The molecular formula is C13H22. The summed E-state index contributed by atoms with van der Waals surface area (Å²) in [6.45, 7) is 4.47. The Hall–Kier alpha value is -0.520. The van der Waals surface area contributed by atoms with Gasteiger partial charge in [0.05, 0.1) is 0 Å². The normalized spacial score (nSPS) is 21.2. The number of hydrogen-bond acceptors (Lipinski definition) is 0. The van der Waals surface area contributed by atoms with E-state index in [0.29, 0.717) is 0 Å². The van der Waals surface area contributed by atoms with Gasteiger partial charge in [0.1, 0.15) is 0 Å². The second kappa shape index (κ2) is 6.01. The lowest BCUT2D eigenvalue weighted by Gasteiger charge is -2.21. The van der Waals surface area contributed by atoms with Crippen molar-refractivity contribution in [2.45, 2.75) is 52.4 Å². The summed E-state index contributed by atoms with van der Waals surface area (Å²) in [7, 11) is 0. The molecule has 74 valence electrons. The van der Waals surface area contributed by atoms with Crippen molar-refractivity contribution in [1.82, 2.24) is 0 Å². The van der Waals surface area contributed by atoms with Gasteiger partial charge in [0.2, 0.25) is 0 Å². The number of hydrogen-bond donors (Lipinski definition) is 0. The molecule has 0 aliphatic heterocycles. The largest absolute Gasteiger partial charge is 0.0848 e. The van der Waals surface area contributed by atoms with Crippen LogP contribution < -0.4 is 0 Å². The van der Waals surface area contributed by atoms with Gasteiger partial charge >= 0.3 is 0 Å². The Bertz CT molecular complexity index is 180. The van der Waals surface area contributed by atoms with Gasteiger partial charge in [0, 0.05) is 0 Å². The van der Waals surface area contributed by atoms with Gasteiger partial charge in [-0.2, -0.15) is 0 Å². The van der Waals surface area contributed by atoms with Crippen LogP contribution >= 0.6 is 0 Å². The summed E-state index contributed by atoms with van der Waals surface area (Å²) in [5.41, 5.74) is 1.59. The Morgan fingerprint density at radius 3 is 2.54 bits per heavy atom. The molecule has 1 rings (SSSR count). The lowest BCUT2D eigenvalue weighted by Crippen LogP contribution is -2.06. The van der Waals surface area contributed by atoms with Crippen molar-refractivity contribution in [2.24, 2.45) is 5.92 Å². The third-order valence-corrected chi connectivity index (χ3v) is 2.98. The second-order valence-corrected chi connectivity index (χ2v) is 4.08. The molecule has 1 aliphatic rings. The Kier molecular flexibility index (Phi) is 4.88. The third kappa shape index (κ3) is 3.80. The number of rotatable bonds is 3. The van der Waals surface area contributed by atoms with E-state index in [4.69, 9.17) is 0 Å². The van der Waals surface area contributed by atoms with Gasteiger partial charge in [-0.05, 0) is 32.1 Å². The van der Waals surface area contributed by atoms with Crippen LogP contribution in [0.2, 0.25) is 0 Å². The van der Waals surface area contributed by atoms with Crippen molar-refractivity contribution >= 4 is 0 Å². The van der Waals surface area contributed by atoms with Crippen LogP contribution in [0.4, 0.5) is 0 Å². The minimum absolute atomic E-state index is 0.884. The zero-order chi connectivity index (χ0) is 9.52. The van der Waals surface area contributed by atoms with Gasteiger partial charge in [0.15, 0.2) is 0 Å². The first-order valence-corrected chi connectivity index (χ1v) is 5.68. The van der Waals surface area contributed by atoms with Crippen molar-refractivity contribution in [1.29, 1.82) is 0 Å². The summed E-state index contributed by atoms with van der Waals surface area (Å²) < 4.78 is 0. The highest BCUT2D eigenvalue weighted by atomic mass is 14.2. The Morgan fingerprint density at radius 2 is 1.92 bits per heavy atom. The molecule has 1 aliphatic carbocycles. The average molecular weight is 178 g/mol. The molecule has 0 aromatic rings. The monoisotopic (exact) mass is 178 g/mol. The lowest BCUT2D eigenvalue weighted by atomic mass is 9.84. The van der Waals surface area contributed by atoms with Crippen LogP contribution in [-0.2, 0) is 0 Å². The van der Waals surface area contributed by atoms with E-state index < -0.39 is 0 Å². The molecule has 0 N–H and O–H groups in total. The molecule has 0 heteroatoms. The molecule has 0 atom stereocenters. The molecule has 0 unspecified atom stereocenters. The molecule has 0 aromatic heterocycles. The minimum atomic E-state index is 0.884. The zero-order valence-electron chi connectivity index (χ0n) is 9.05. The summed E-state index contributed by atoms with van der Waals surface area (Å²) in [5, 5.41) is 0. The third-order valence-electron chi connectivity index (χ3n) is 2.98. The van der Waals surface area contributed by atoms with E-state index in [9.17, 15) is 0 Å². The first kappa shape index (κ1) is 10.6. The van der Waals surface area contributed by atoms with E-state index in [1.165, 1.54) is 32.1 Å². The molecule has 0 bridgehead atoms. The maximum absolute atomic E-state index is 2.31. The van der Waals surface area contributed by atoms with Gasteiger partial charge in [-0.15, -0.1) is 0 Å². The van der Waals surface area contributed by atoms with Crippen LogP contribution in [0.5, 0.6) is 0 Å². The summed E-state index contributed by atoms with van der Waals surface area (Å²) in [6.07, 6.45) is 15.1. The van der Waals surface area contributed by atoms with E-state index in [2.05, 4.69) is 32.1 Å². The molecule has 0 nitrogen and oxygen atoms in total. The molecule has 13 heavy (non-hydrogen) atoms. The standard InChI is InChI=1S/C13H22/c1-3-4-6-9-12(2)13-10-7-5-8-11-13/h4,6,9,13H,3,5,7-8,10-11H2,1-2H3/b6-4-,12-9+. The predicted molar refractivity (Wildman–Crippen MR) is 59.8 cm³/mol. The highest BCUT2D eigenvalue weighted by molar-refractivity contribution is 5.13. The van der Waals surface area contributed by atoms with Crippen molar-refractivity contribution in [3.63, 3.8) is 0 Å². The van der Waals surface area contributed by atoms with Crippen molar-refractivity contribution in [3.8, 4) is 0 Å². The van der Waals surface area contributed by atoms with Crippen LogP contribution in [0.1, 0.15) is 52.4 Å². The fourth-order valence-electron chi connectivity index (χ4n) is 2.05. The first-order valence-electron chi connectivity index (χ1n) is 5.68. The molecule has 0 aromatic carbocycles. The molecule has 1 fully saturated rings. The Labute approximate surface area is 82.7 Å². The molecule has 0 heterocycles. The SMILES string of the molecule is CC/C=C\C=C(/C)C1CCCCC1. The molecular weight excluding hydrogens is 156 g/mol. The Morgan fingerprint density at radius 1 is 1.23 bits per heavy atom. The van der Waals surface area contributed by atoms with Crippen molar-refractivity contribution in [2.75, 3.05) is 0 Å². The topological polar surface area (TPSA) is 0 Å². The quantitative estimate of drug-likeness (QED) is 0.559. The smallest absolute Gasteiger partial charge is 0.0203 e. The molecule has 0 spiro atoms. The average Bonchev–Trinajstić information content (AvgIpc) is 2.19. The van der Waals surface area contributed by atoms with Crippen LogP contribution in [0.25, 0.3) is 0 Å². The first-order chi connectivity index (χ1) is 6.34. The van der Waals surface area contributed by atoms with E-state index in [1.54, 1.807) is 5.57 Å². The van der Waals surface area contributed by atoms with Gasteiger partial charge in [-0.25, -0.2) is 0 Å². The summed E-state index contributed by atoms with van der Waals surface area (Å²) in [4.78, 5) is 0. The maximum Gasteiger partial charge on any atom is -0.0203 e. The fraction of sp³-hybridized carbons (Fsp3) is 0.692. The van der Waals surface area contributed by atoms with Crippen LogP contribution in [-0.4, -0.2) is 0 Å². The molecule has 0 radical (unpaired) electrons. The van der Waals surface area contributed by atoms with Crippen molar-refractivity contribution in [3.05, 3.63) is 23.8 Å². The fourth-order valence-corrected chi connectivity index (χ4v) is 2.05. The number of allylic oxidation sites excluding steroid dienone is 4. The van der Waals surface area contributed by atoms with E-state index in [0.717, 1.165) is 12.3 Å². The van der Waals surface area contributed by atoms with E-state index >= 15 is 0 Å². The van der Waals surface area contributed by atoms with Crippen LogP contribution in [0.3, 0.4) is 0 Å². The van der Waals surface area contributed by atoms with Crippen molar-refractivity contribution < 1.29 is 0 Å². The van der Waals surface area contributed by atoms with Crippen LogP contribution in [0.15, 0.2) is 23.8 Å². The molecule has 0 saturated heterocycles. The maximum atomic E-state index is 2.31. The second-order valence-electron chi connectivity index (χ2n) is 4.08.